The highest BCUT2D eigenvalue weighted by molar-refractivity contribution is 8.01. The van der Waals surface area contributed by atoms with E-state index < -0.39 is 11.2 Å². The quantitative estimate of drug-likeness (QED) is 0.511. The molecule has 3 aromatic carbocycles. The number of amides is 2. The van der Waals surface area contributed by atoms with E-state index in [1.54, 1.807) is 11.8 Å². The molecule has 0 spiro atoms. The number of benzene rings is 3. The van der Waals surface area contributed by atoms with E-state index >= 15 is 0 Å². The third kappa shape index (κ3) is 4.97. The Morgan fingerprint density at radius 2 is 1.80 bits per heavy atom. The zero-order chi connectivity index (χ0) is 24.4. The number of anilines is 1. The Morgan fingerprint density at radius 1 is 1.09 bits per heavy atom. The van der Waals surface area contributed by atoms with Gasteiger partial charge in [0, 0.05) is 9.92 Å². The fourth-order valence-electron chi connectivity index (χ4n) is 4.19. The molecule has 1 N–H and O–H groups in total. The SMILES string of the molecule is C[C@H](C(=O)NC[C@H]1COc2ccccc2O1)[C@H]1Sc2ccccc2N(Cc2ccccc2Cl)C1=O. The Hall–Kier alpha value is -3.16. The van der Waals surface area contributed by atoms with Crippen molar-refractivity contribution in [2.75, 3.05) is 18.1 Å². The number of para-hydroxylation sites is 3. The summed E-state index contributed by atoms with van der Waals surface area (Å²) in [4.78, 5) is 29.4. The minimum absolute atomic E-state index is 0.109. The van der Waals surface area contributed by atoms with Crippen LogP contribution in [-0.4, -0.2) is 36.3 Å². The molecule has 0 aromatic heterocycles. The second kappa shape index (κ2) is 10.2. The number of carbonyl (C=O) groups excluding carboxylic acids is 2. The maximum Gasteiger partial charge on any atom is 0.241 e. The van der Waals surface area contributed by atoms with Crippen LogP contribution in [0.2, 0.25) is 5.02 Å². The maximum absolute atomic E-state index is 13.6. The third-order valence-corrected chi connectivity index (χ3v) is 7.98. The summed E-state index contributed by atoms with van der Waals surface area (Å²) in [5.41, 5.74) is 1.69. The number of hydrogen-bond donors (Lipinski definition) is 1. The van der Waals surface area contributed by atoms with E-state index in [4.69, 9.17) is 21.1 Å². The second-order valence-electron chi connectivity index (χ2n) is 8.55. The first-order chi connectivity index (χ1) is 17.0. The van der Waals surface area contributed by atoms with E-state index in [1.165, 1.54) is 11.8 Å². The predicted octanol–water partition coefficient (Wildman–Crippen LogP) is 4.94. The van der Waals surface area contributed by atoms with Crippen molar-refractivity contribution in [3.05, 3.63) is 83.4 Å². The summed E-state index contributed by atoms with van der Waals surface area (Å²) >= 11 is 7.82. The number of hydrogen-bond acceptors (Lipinski definition) is 5. The van der Waals surface area contributed by atoms with Crippen LogP contribution in [-0.2, 0) is 16.1 Å². The molecule has 0 saturated carbocycles. The summed E-state index contributed by atoms with van der Waals surface area (Å²) in [7, 11) is 0. The van der Waals surface area contributed by atoms with Crippen LogP contribution in [0.3, 0.4) is 0 Å². The molecule has 6 nitrogen and oxygen atoms in total. The first kappa shape index (κ1) is 23.6. The van der Waals surface area contributed by atoms with Crippen molar-refractivity contribution in [3.8, 4) is 11.5 Å². The molecule has 0 aliphatic carbocycles. The smallest absolute Gasteiger partial charge is 0.241 e. The van der Waals surface area contributed by atoms with Gasteiger partial charge in [0.15, 0.2) is 11.5 Å². The average molecular weight is 509 g/mol. The highest BCUT2D eigenvalue weighted by Gasteiger charge is 2.39. The van der Waals surface area contributed by atoms with Crippen molar-refractivity contribution in [3.63, 3.8) is 0 Å². The lowest BCUT2D eigenvalue weighted by atomic mass is 10.0. The molecule has 0 fully saturated rings. The van der Waals surface area contributed by atoms with Gasteiger partial charge in [0.2, 0.25) is 11.8 Å². The molecule has 0 unspecified atom stereocenters. The molecule has 180 valence electrons. The molecule has 0 radical (unpaired) electrons. The number of rotatable bonds is 6. The fourth-order valence-corrected chi connectivity index (χ4v) is 5.67. The molecular formula is C27H25ClN2O4S. The van der Waals surface area contributed by atoms with Gasteiger partial charge >= 0.3 is 0 Å². The molecule has 2 aliphatic rings. The minimum atomic E-state index is -0.559. The third-order valence-electron chi connectivity index (χ3n) is 6.14. The van der Waals surface area contributed by atoms with E-state index in [0.29, 0.717) is 36.2 Å². The normalized spacial score (nSPS) is 19.6. The molecule has 2 aliphatic heterocycles. The number of fused-ring (bicyclic) bond motifs is 2. The molecule has 3 aromatic rings. The summed E-state index contributed by atoms with van der Waals surface area (Å²) in [5, 5.41) is 3.00. The van der Waals surface area contributed by atoms with Crippen molar-refractivity contribution in [2.24, 2.45) is 5.92 Å². The van der Waals surface area contributed by atoms with Crippen molar-refractivity contribution >= 4 is 40.9 Å². The zero-order valence-electron chi connectivity index (χ0n) is 19.1. The molecule has 35 heavy (non-hydrogen) atoms. The van der Waals surface area contributed by atoms with Crippen molar-refractivity contribution in [2.45, 2.75) is 29.7 Å². The van der Waals surface area contributed by atoms with Crippen molar-refractivity contribution in [1.82, 2.24) is 5.32 Å². The van der Waals surface area contributed by atoms with Gasteiger partial charge in [-0.2, -0.15) is 0 Å². The minimum Gasteiger partial charge on any atom is -0.486 e. The van der Waals surface area contributed by atoms with Gasteiger partial charge in [-0.05, 0) is 35.9 Å². The molecule has 5 rings (SSSR count). The van der Waals surface area contributed by atoms with Gasteiger partial charge < -0.3 is 19.7 Å². The molecular weight excluding hydrogens is 484 g/mol. The monoisotopic (exact) mass is 508 g/mol. The van der Waals surface area contributed by atoms with Gasteiger partial charge in [0.05, 0.1) is 24.7 Å². The number of nitrogens with one attached hydrogen (secondary N) is 1. The molecule has 3 atom stereocenters. The first-order valence-electron chi connectivity index (χ1n) is 11.5. The number of nitrogens with zero attached hydrogens (tertiary/aromatic N) is 1. The maximum atomic E-state index is 13.6. The van der Waals surface area contributed by atoms with Gasteiger partial charge in [-0.25, -0.2) is 0 Å². The van der Waals surface area contributed by atoms with Crippen LogP contribution in [0.15, 0.2) is 77.7 Å². The molecule has 2 heterocycles. The van der Waals surface area contributed by atoms with E-state index in [0.717, 1.165) is 16.1 Å². The lowest BCUT2D eigenvalue weighted by Crippen LogP contribution is -2.49. The number of carbonyl (C=O) groups is 2. The van der Waals surface area contributed by atoms with Crippen molar-refractivity contribution in [1.29, 1.82) is 0 Å². The predicted molar refractivity (Wildman–Crippen MR) is 137 cm³/mol. The molecule has 0 bridgehead atoms. The Labute approximate surface area is 213 Å². The topological polar surface area (TPSA) is 67.9 Å². The highest BCUT2D eigenvalue weighted by atomic mass is 35.5. The average Bonchev–Trinajstić information content (AvgIpc) is 2.89. The second-order valence-corrected chi connectivity index (χ2v) is 10.1. The fraction of sp³-hybridized carbons (Fsp3) is 0.259. The summed E-state index contributed by atoms with van der Waals surface area (Å²) in [6, 6.07) is 22.7. The van der Waals surface area contributed by atoms with Crippen LogP contribution in [0.5, 0.6) is 11.5 Å². The van der Waals surface area contributed by atoms with E-state index in [2.05, 4.69) is 5.32 Å². The Bertz CT molecular complexity index is 1250. The van der Waals surface area contributed by atoms with Crippen LogP contribution >= 0.6 is 23.4 Å². The van der Waals surface area contributed by atoms with E-state index in [-0.39, 0.29) is 17.9 Å². The Balaban J connectivity index is 1.28. The van der Waals surface area contributed by atoms with E-state index in [1.807, 2.05) is 72.8 Å². The van der Waals surface area contributed by atoms with Crippen LogP contribution < -0.4 is 19.7 Å². The van der Waals surface area contributed by atoms with Gasteiger partial charge in [-0.3, -0.25) is 9.59 Å². The number of ether oxygens (including phenoxy) is 2. The Morgan fingerprint density at radius 3 is 2.63 bits per heavy atom. The van der Waals surface area contributed by atoms with Crippen LogP contribution in [0.25, 0.3) is 0 Å². The van der Waals surface area contributed by atoms with Crippen LogP contribution in [0.4, 0.5) is 5.69 Å². The van der Waals surface area contributed by atoms with Gasteiger partial charge in [0.1, 0.15) is 18.0 Å². The first-order valence-corrected chi connectivity index (χ1v) is 12.7. The largest absolute Gasteiger partial charge is 0.486 e. The summed E-state index contributed by atoms with van der Waals surface area (Å²) < 4.78 is 11.7. The van der Waals surface area contributed by atoms with Crippen LogP contribution in [0, 0.1) is 5.92 Å². The van der Waals surface area contributed by atoms with Crippen LogP contribution in [0.1, 0.15) is 12.5 Å². The Kier molecular flexibility index (Phi) is 6.88. The van der Waals surface area contributed by atoms with Crippen molar-refractivity contribution < 1.29 is 19.1 Å². The lowest BCUT2D eigenvalue weighted by molar-refractivity contribution is -0.128. The summed E-state index contributed by atoms with van der Waals surface area (Å²) in [6.07, 6.45) is -0.298. The number of halogens is 1. The molecule has 8 heteroatoms. The molecule has 0 saturated heterocycles. The summed E-state index contributed by atoms with van der Waals surface area (Å²) in [5.74, 6) is 0.505. The summed E-state index contributed by atoms with van der Waals surface area (Å²) in [6.45, 7) is 2.78. The zero-order valence-corrected chi connectivity index (χ0v) is 20.7. The highest BCUT2D eigenvalue weighted by Crippen LogP contribution is 2.42. The lowest BCUT2D eigenvalue weighted by Gasteiger charge is -2.36. The van der Waals surface area contributed by atoms with Gasteiger partial charge in [-0.1, -0.05) is 61.0 Å². The van der Waals surface area contributed by atoms with Gasteiger partial charge in [-0.15, -0.1) is 11.8 Å². The molecule has 2 amide bonds. The van der Waals surface area contributed by atoms with Gasteiger partial charge in [0.25, 0.3) is 0 Å². The van der Waals surface area contributed by atoms with E-state index in [9.17, 15) is 9.59 Å². The number of thioether (sulfide) groups is 1. The standard InChI is InChI=1S/C27H25ClN2O4S/c1-17(26(31)29-14-19-16-33-22-11-5-6-12-23(22)34-19)25-27(32)30(15-18-8-2-3-9-20(18)28)21-10-4-7-13-24(21)35-25/h2-13,17,19,25H,14-16H2,1H3,(H,29,31)/t17-,19-,25+/m0/s1.